The van der Waals surface area contributed by atoms with Gasteiger partial charge < -0.3 is 26.0 Å². The summed E-state index contributed by atoms with van der Waals surface area (Å²) in [4.78, 5) is 56.4. The van der Waals surface area contributed by atoms with Gasteiger partial charge in [-0.25, -0.2) is 4.79 Å². The summed E-state index contributed by atoms with van der Waals surface area (Å²) >= 11 is 13.4. The lowest BCUT2D eigenvalue weighted by Gasteiger charge is -2.44. The number of fused-ring (bicyclic) bond motifs is 1. The van der Waals surface area contributed by atoms with Crippen LogP contribution in [0.4, 0.5) is 0 Å². The zero-order valence-corrected chi connectivity index (χ0v) is 23.6. The van der Waals surface area contributed by atoms with Gasteiger partial charge in [0.1, 0.15) is 29.3 Å². The average molecular weight is 593 g/mol. The van der Waals surface area contributed by atoms with Crippen molar-refractivity contribution in [3.63, 3.8) is 0 Å². The highest BCUT2D eigenvalue weighted by molar-refractivity contribution is 8.01. The van der Waals surface area contributed by atoms with Gasteiger partial charge in [-0.3, -0.25) is 19.4 Å². The summed E-state index contributed by atoms with van der Waals surface area (Å²) in [6.45, 7) is 3.31. The summed E-state index contributed by atoms with van der Waals surface area (Å²) in [6.07, 6.45) is 0. The van der Waals surface area contributed by atoms with Gasteiger partial charge in [0.05, 0.1) is 16.6 Å². The third kappa shape index (κ3) is 5.85. The van der Waals surface area contributed by atoms with Crippen molar-refractivity contribution in [2.45, 2.75) is 42.1 Å². The van der Waals surface area contributed by atoms with E-state index in [-0.39, 0.29) is 6.54 Å². The summed E-state index contributed by atoms with van der Waals surface area (Å²) < 4.78 is -0.725. The number of β-lactam (4-membered cyclic amide) rings is 1. The molecule has 2 saturated heterocycles. The average Bonchev–Trinajstić information content (AvgIpc) is 3.16. The quantitative estimate of drug-likeness (QED) is 0.210. The first-order valence-corrected chi connectivity index (χ1v) is 13.6. The molecule has 2 aliphatic rings. The molecule has 3 amide bonds. The van der Waals surface area contributed by atoms with Crippen LogP contribution >= 0.6 is 35.0 Å². The molecule has 4 atom stereocenters. The van der Waals surface area contributed by atoms with Crippen LogP contribution < -0.4 is 16.0 Å². The van der Waals surface area contributed by atoms with Crippen molar-refractivity contribution in [1.82, 2.24) is 20.9 Å². The minimum Gasteiger partial charge on any atom is -0.480 e. The Morgan fingerprint density at radius 2 is 1.82 bits per heavy atom. The van der Waals surface area contributed by atoms with E-state index in [1.54, 1.807) is 69.4 Å². The summed E-state index contributed by atoms with van der Waals surface area (Å²) in [6, 6.07) is 10.6. The first-order chi connectivity index (χ1) is 18.4. The minimum atomic E-state index is -1.09. The number of hydrogen-bond acceptors (Lipinski definition) is 6. The van der Waals surface area contributed by atoms with E-state index in [1.807, 2.05) is 0 Å². The summed E-state index contributed by atoms with van der Waals surface area (Å²) in [5.74, 6) is -2.24. The van der Waals surface area contributed by atoms with E-state index < -0.39 is 51.9 Å². The van der Waals surface area contributed by atoms with Crippen molar-refractivity contribution in [3.05, 3.63) is 69.7 Å². The van der Waals surface area contributed by atoms with E-state index in [9.17, 15) is 24.3 Å². The van der Waals surface area contributed by atoms with Crippen LogP contribution in [0.5, 0.6) is 0 Å². The second-order valence-corrected chi connectivity index (χ2v) is 12.1. The Bertz CT molecular complexity index is 1340. The highest BCUT2D eigenvalue weighted by Crippen LogP contribution is 2.50. The maximum atomic E-state index is 13.4. The van der Waals surface area contributed by atoms with Crippen molar-refractivity contribution >= 4 is 64.5 Å². The fourth-order valence-electron chi connectivity index (χ4n) is 4.66. The van der Waals surface area contributed by atoms with Crippen molar-refractivity contribution in [2.75, 3.05) is 13.6 Å². The largest absolute Gasteiger partial charge is 0.480 e. The van der Waals surface area contributed by atoms with Gasteiger partial charge >= 0.3 is 5.97 Å². The number of benzene rings is 2. The molecule has 0 bridgehead atoms. The van der Waals surface area contributed by atoms with Gasteiger partial charge in [0.25, 0.3) is 0 Å². The smallest absolute Gasteiger partial charge is 0.327 e. The molecule has 39 heavy (non-hydrogen) atoms. The standard InChI is InChI=1S/C26H27Cl2N5O5S/c1-26(2)20(25(37)38)33-23(36)19(24(33)39-26)32-22(35)18(13-7-5-4-6-8-13)31-17(34)12-30-21(29-3)14-9-10-15(27)16(28)11-14/h4-11,18-20,24H,12H2,1-3H3,(H,29,30)(H,31,34)(H,32,35)(H,37,38)/t18?,19-,20+,24-/m1/s1. The summed E-state index contributed by atoms with van der Waals surface area (Å²) in [5.41, 5.74) is 1.14. The van der Waals surface area contributed by atoms with Crippen LogP contribution in [0.25, 0.3) is 0 Å². The number of nitrogens with zero attached hydrogens (tertiary/aromatic N) is 2. The highest BCUT2D eigenvalue weighted by Gasteiger charge is 2.64. The van der Waals surface area contributed by atoms with Crippen LogP contribution in [0, 0.1) is 0 Å². The number of halogens is 2. The van der Waals surface area contributed by atoms with E-state index in [0.717, 1.165) is 0 Å². The van der Waals surface area contributed by atoms with E-state index in [4.69, 9.17) is 23.2 Å². The molecule has 2 heterocycles. The number of nitrogens with one attached hydrogen (secondary N) is 3. The number of amides is 3. The molecule has 0 radical (unpaired) electrons. The van der Waals surface area contributed by atoms with Crippen LogP contribution in [-0.2, 0) is 19.2 Å². The van der Waals surface area contributed by atoms with Crippen molar-refractivity contribution < 1.29 is 24.3 Å². The van der Waals surface area contributed by atoms with Gasteiger partial charge in [-0.1, -0.05) is 53.5 Å². The van der Waals surface area contributed by atoms with Gasteiger partial charge in [-0.2, -0.15) is 0 Å². The van der Waals surface area contributed by atoms with Crippen LogP contribution in [0.3, 0.4) is 0 Å². The molecule has 4 N–H and O–H groups in total. The predicted molar refractivity (Wildman–Crippen MR) is 150 cm³/mol. The monoisotopic (exact) mass is 591 g/mol. The third-order valence-corrected chi connectivity index (χ3v) is 8.82. The van der Waals surface area contributed by atoms with Crippen molar-refractivity contribution in [3.8, 4) is 0 Å². The number of carbonyl (C=O) groups is 4. The molecule has 2 fully saturated rings. The predicted octanol–water partition coefficient (Wildman–Crippen LogP) is 2.45. The lowest BCUT2D eigenvalue weighted by atomic mass is 9.95. The second-order valence-electron chi connectivity index (χ2n) is 9.55. The lowest BCUT2D eigenvalue weighted by molar-refractivity contribution is -0.161. The molecular weight excluding hydrogens is 565 g/mol. The molecule has 2 aromatic carbocycles. The molecule has 206 valence electrons. The number of amidine groups is 1. The fraction of sp³-hybridized carbons (Fsp3) is 0.346. The normalized spacial score (nSPS) is 22.4. The fourth-order valence-corrected chi connectivity index (χ4v) is 6.58. The van der Waals surface area contributed by atoms with Gasteiger partial charge in [0.15, 0.2) is 0 Å². The molecule has 2 aliphatic heterocycles. The van der Waals surface area contributed by atoms with Gasteiger partial charge in [0, 0.05) is 17.4 Å². The molecule has 13 heteroatoms. The Morgan fingerprint density at radius 3 is 2.44 bits per heavy atom. The first kappa shape index (κ1) is 28.7. The summed E-state index contributed by atoms with van der Waals surface area (Å²) in [7, 11) is 1.55. The van der Waals surface area contributed by atoms with E-state index in [0.29, 0.717) is 27.0 Å². The molecule has 10 nitrogen and oxygen atoms in total. The molecule has 1 unspecified atom stereocenters. The summed E-state index contributed by atoms with van der Waals surface area (Å²) in [5, 5.41) is 18.2. The van der Waals surface area contributed by atoms with E-state index in [1.165, 1.54) is 16.7 Å². The van der Waals surface area contributed by atoms with Gasteiger partial charge in [0.2, 0.25) is 17.7 Å². The van der Waals surface area contributed by atoms with E-state index >= 15 is 0 Å². The number of hydrogen-bond donors (Lipinski definition) is 4. The van der Waals surface area contributed by atoms with Crippen molar-refractivity contribution in [1.29, 1.82) is 0 Å². The molecule has 4 rings (SSSR count). The van der Waals surface area contributed by atoms with Crippen LogP contribution in [0.2, 0.25) is 10.0 Å². The van der Waals surface area contributed by atoms with Crippen LogP contribution in [0.15, 0.2) is 53.5 Å². The maximum absolute atomic E-state index is 13.4. The molecule has 0 aromatic heterocycles. The Hall–Kier alpha value is -3.28. The van der Waals surface area contributed by atoms with Gasteiger partial charge in [-0.05, 0) is 37.6 Å². The van der Waals surface area contributed by atoms with Gasteiger partial charge in [-0.15, -0.1) is 11.8 Å². The first-order valence-electron chi connectivity index (χ1n) is 12.0. The number of carboxylic acids is 1. The topological polar surface area (TPSA) is 140 Å². The number of carbonyl (C=O) groups excluding carboxylic acids is 3. The Balaban J connectivity index is 1.45. The maximum Gasteiger partial charge on any atom is 0.327 e. The number of aliphatic imine (C=N–C) groups is 1. The molecular formula is C26H27Cl2N5O5S. The third-order valence-electron chi connectivity index (χ3n) is 6.51. The Morgan fingerprint density at radius 1 is 1.13 bits per heavy atom. The Kier molecular flexibility index (Phi) is 8.43. The zero-order chi connectivity index (χ0) is 28.5. The number of aliphatic carboxylic acids is 1. The SMILES string of the molecule is CN=C(NCC(=O)NC(C(=O)N[C@@H]1C(=O)N2[C@@H]1SC(C)(C)[C@@H]2C(=O)O)c1ccccc1)c1ccc(Cl)c(Cl)c1. The van der Waals surface area contributed by atoms with E-state index in [2.05, 4.69) is 20.9 Å². The zero-order valence-electron chi connectivity index (χ0n) is 21.3. The number of thioether (sulfide) groups is 1. The number of rotatable bonds is 8. The molecule has 2 aromatic rings. The molecule has 0 aliphatic carbocycles. The molecule has 0 saturated carbocycles. The minimum absolute atomic E-state index is 0.202. The Labute approximate surface area is 239 Å². The number of carboxylic acid groups (broad SMARTS) is 1. The lowest BCUT2D eigenvalue weighted by Crippen LogP contribution is -2.71. The van der Waals surface area contributed by atoms with Crippen LogP contribution in [-0.4, -0.2) is 75.3 Å². The molecule has 0 spiro atoms. The second kappa shape index (κ2) is 11.4. The highest BCUT2D eigenvalue weighted by atomic mass is 35.5. The van der Waals surface area contributed by atoms with Crippen molar-refractivity contribution in [2.24, 2.45) is 4.99 Å². The van der Waals surface area contributed by atoms with Crippen LogP contribution in [0.1, 0.15) is 31.0 Å².